The molecule has 0 amide bonds. The van der Waals surface area contributed by atoms with Gasteiger partial charge < -0.3 is 4.74 Å². The smallest absolute Gasteiger partial charge is 0.120 e. The molecule has 138 valence electrons. The second-order valence-electron chi connectivity index (χ2n) is 6.97. The first-order valence-electron chi connectivity index (χ1n) is 10.0. The third-order valence-electron chi connectivity index (χ3n) is 4.76. The molecular formula is C23H30N2O. The summed E-state index contributed by atoms with van der Waals surface area (Å²) in [5.41, 5.74) is 3.49. The number of rotatable bonds is 10. The molecule has 1 aromatic heterocycles. The molecule has 0 N–H and O–H groups in total. The Morgan fingerprint density at radius 3 is 2.46 bits per heavy atom. The minimum absolute atomic E-state index is 0.791. The largest absolute Gasteiger partial charge is 0.494 e. The predicted molar refractivity (Wildman–Crippen MR) is 109 cm³/mol. The number of aromatic nitrogens is 2. The van der Waals surface area contributed by atoms with Gasteiger partial charge in [-0.2, -0.15) is 5.10 Å². The molecule has 0 unspecified atom stereocenters. The molecule has 0 saturated heterocycles. The molecule has 0 spiro atoms. The number of ether oxygens (including phenoxy) is 1. The Morgan fingerprint density at radius 1 is 0.885 bits per heavy atom. The van der Waals surface area contributed by atoms with Crippen molar-refractivity contribution in [3.8, 4) is 11.4 Å². The van der Waals surface area contributed by atoms with Crippen LogP contribution in [0.2, 0.25) is 0 Å². The highest BCUT2D eigenvalue weighted by Crippen LogP contribution is 2.22. The van der Waals surface area contributed by atoms with Crippen molar-refractivity contribution < 1.29 is 4.74 Å². The molecule has 0 saturated carbocycles. The molecule has 26 heavy (non-hydrogen) atoms. The van der Waals surface area contributed by atoms with Crippen molar-refractivity contribution in [1.82, 2.24) is 9.78 Å². The lowest BCUT2D eigenvalue weighted by atomic mass is 10.1. The molecule has 0 bridgehead atoms. The van der Waals surface area contributed by atoms with Crippen molar-refractivity contribution >= 4 is 10.9 Å². The monoisotopic (exact) mass is 350 g/mol. The summed E-state index contributed by atoms with van der Waals surface area (Å²) in [5, 5.41) is 5.81. The number of fused-ring (bicyclic) bond motifs is 1. The van der Waals surface area contributed by atoms with Crippen LogP contribution in [0.1, 0.15) is 57.9 Å². The maximum absolute atomic E-state index is 5.89. The van der Waals surface area contributed by atoms with E-state index >= 15 is 0 Å². The van der Waals surface area contributed by atoms with Crippen molar-refractivity contribution in [2.45, 2.75) is 58.8 Å². The zero-order valence-corrected chi connectivity index (χ0v) is 16.1. The molecule has 0 aliphatic carbocycles. The number of unbranched alkanes of at least 4 members (excludes halogenated alkanes) is 4. The Morgan fingerprint density at radius 2 is 1.69 bits per heavy atom. The first-order chi connectivity index (χ1) is 12.8. The summed E-state index contributed by atoms with van der Waals surface area (Å²) in [7, 11) is 0. The molecule has 3 nitrogen and oxygen atoms in total. The number of hydrogen-bond acceptors (Lipinski definition) is 2. The van der Waals surface area contributed by atoms with E-state index in [1.807, 2.05) is 16.8 Å². The van der Waals surface area contributed by atoms with Crippen molar-refractivity contribution in [3.63, 3.8) is 0 Å². The fraction of sp³-hybridized carbons (Fsp3) is 0.435. The number of benzene rings is 2. The topological polar surface area (TPSA) is 27.1 Å². The van der Waals surface area contributed by atoms with Gasteiger partial charge >= 0.3 is 0 Å². The van der Waals surface area contributed by atoms with Gasteiger partial charge in [-0.15, -0.1) is 0 Å². The van der Waals surface area contributed by atoms with Gasteiger partial charge in [0.2, 0.25) is 0 Å². The van der Waals surface area contributed by atoms with Crippen LogP contribution >= 0.6 is 0 Å². The molecule has 0 fully saturated rings. The average molecular weight is 351 g/mol. The van der Waals surface area contributed by atoms with Crippen LogP contribution in [-0.4, -0.2) is 16.4 Å². The van der Waals surface area contributed by atoms with Crippen molar-refractivity contribution in [3.05, 3.63) is 54.2 Å². The van der Waals surface area contributed by atoms with Gasteiger partial charge in [-0.3, -0.25) is 0 Å². The molecule has 3 heteroatoms. The average Bonchev–Trinajstić information content (AvgIpc) is 3.10. The third-order valence-corrected chi connectivity index (χ3v) is 4.76. The second-order valence-corrected chi connectivity index (χ2v) is 6.97. The van der Waals surface area contributed by atoms with Crippen LogP contribution in [0.3, 0.4) is 0 Å². The van der Waals surface area contributed by atoms with Crippen LogP contribution in [0, 0.1) is 0 Å². The lowest BCUT2D eigenvalue weighted by Crippen LogP contribution is -1.96. The van der Waals surface area contributed by atoms with Crippen LogP contribution in [0.25, 0.3) is 16.6 Å². The van der Waals surface area contributed by atoms with E-state index in [9.17, 15) is 0 Å². The van der Waals surface area contributed by atoms with Gasteiger partial charge in [0.05, 0.1) is 17.8 Å². The summed E-state index contributed by atoms with van der Waals surface area (Å²) in [6, 6.07) is 14.9. The SMILES string of the molecule is CCCCCCOc1ccc2nn(-c3ccc(CCCC)cc3)cc2c1. The molecule has 0 radical (unpaired) electrons. The molecule has 0 aliphatic rings. The minimum Gasteiger partial charge on any atom is -0.494 e. The van der Waals surface area contributed by atoms with E-state index in [0.717, 1.165) is 41.8 Å². The minimum atomic E-state index is 0.791. The van der Waals surface area contributed by atoms with Crippen LogP contribution in [-0.2, 0) is 6.42 Å². The summed E-state index contributed by atoms with van der Waals surface area (Å²) in [6.07, 6.45) is 10.6. The van der Waals surface area contributed by atoms with Gasteiger partial charge in [-0.1, -0.05) is 51.7 Å². The third kappa shape index (κ3) is 4.87. The fourth-order valence-corrected chi connectivity index (χ4v) is 3.14. The standard InChI is InChI=1S/C23H30N2O/c1-3-5-7-8-16-26-22-14-15-23-20(17-22)18-25(24-23)21-12-10-19(11-13-21)9-6-4-2/h10-15,17-18H,3-9,16H2,1-2H3. The second kappa shape index (κ2) is 9.42. The first kappa shape index (κ1) is 18.5. The Kier molecular flexibility index (Phi) is 6.70. The Balaban J connectivity index is 1.66. The van der Waals surface area contributed by atoms with E-state index in [1.165, 1.54) is 37.7 Å². The van der Waals surface area contributed by atoms with Gasteiger partial charge in [0.1, 0.15) is 5.75 Å². The van der Waals surface area contributed by atoms with Gasteiger partial charge in [-0.25, -0.2) is 4.68 Å². The number of hydrogen-bond donors (Lipinski definition) is 0. The molecule has 0 aliphatic heterocycles. The van der Waals surface area contributed by atoms with Crippen LogP contribution in [0.4, 0.5) is 0 Å². The Bertz CT molecular complexity index is 805. The highest BCUT2D eigenvalue weighted by molar-refractivity contribution is 5.80. The van der Waals surface area contributed by atoms with Gasteiger partial charge in [-0.05, 0) is 55.2 Å². The summed E-state index contributed by atoms with van der Waals surface area (Å²) in [6.45, 7) is 5.25. The lowest BCUT2D eigenvalue weighted by Gasteiger charge is -2.05. The van der Waals surface area contributed by atoms with Crippen LogP contribution in [0.5, 0.6) is 5.75 Å². The molecule has 0 atom stereocenters. The maximum Gasteiger partial charge on any atom is 0.120 e. The number of nitrogens with zero attached hydrogens (tertiary/aromatic N) is 2. The van der Waals surface area contributed by atoms with Gasteiger partial charge in [0, 0.05) is 11.6 Å². The van der Waals surface area contributed by atoms with Crippen LogP contribution in [0.15, 0.2) is 48.7 Å². The molecule has 1 heterocycles. The molecule has 3 aromatic rings. The molecule has 2 aromatic carbocycles. The quantitative estimate of drug-likeness (QED) is 0.400. The molecule has 3 rings (SSSR count). The van der Waals surface area contributed by atoms with E-state index < -0.39 is 0 Å². The zero-order valence-electron chi connectivity index (χ0n) is 16.1. The summed E-state index contributed by atoms with van der Waals surface area (Å²) in [5.74, 6) is 0.934. The Labute approximate surface area is 157 Å². The van der Waals surface area contributed by atoms with Crippen molar-refractivity contribution in [2.75, 3.05) is 6.61 Å². The molecular weight excluding hydrogens is 320 g/mol. The van der Waals surface area contributed by atoms with Gasteiger partial charge in [0.15, 0.2) is 0 Å². The maximum atomic E-state index is 5.89. The summed E-state index contributed by atoms with van der Waals surface area (Å²) in [4.78, 5) is 0. The van der Waals surface area contributed by atoms with E-state index in [1.54, 1.807) is 0 Å². The summed E-state index contributed by atoms with van der Waals surface area (Å²) < 4.78 is 7.85. The van der Waals surface area contributed by atoms with E-state index in [0.29, 0.717) is 0 Å². The normalized spacial score (nSPS) is 11.2. The highest BCUT2D eigenvalue weighted by atomic mass is 16.5. The summed E-state index contributed by atoms with van der Waals surface area (Å²) >= 11 is 0. The Hall–Kier alpha value is -2.29. The van der Waals surface area contributed by atoms with Crippen LogP contribution < -0.4 is 4.74 Å². The predicted octanol–water partition coefficient (Wildman–Crippen LogP) is 6.33. The number of aryl methyl sites for hydroxylation is 1. The van der Waals surface area contributed by atoms with E-state index in [2.05, 4.69) is 50.4 Å². The van der Waals surface area contributed by atoms with E-state index in [-0.39, 0.29) is 0 Å². The highest BCUT2D eigenvalue weighted by Gasteiger charge is 2.05. The van der Waals surface area contributed by atoms with Crippen molar-refractivity contribution in [1.29, 1.82) is 0 Å². The fourth-order valence-electron chi connectivity index (χ4n) is 3.14. The van der Waals surface area contributed by atoms with Crippen molar-refractivity contribution in [2.24, 2.45) is 0 Å². The lowest BCUT2D eigenvalue weighted by molar-refractivity contribution is 0.305. The zero-order chi connectivity index (χ0) is 18.2. The van der Waals surface area contributed by atoms with Gasteiger partial charge in [0.25, 0.3) is 0 Å². The van der Waals surface area contributed by atoms with E-state index in [4.69, 9.17) is 9.84 Å². The first-order valence-corrected chi connectivity index (χ1v) is 10.0.